The normalized spacial score (nSPS) is 9.95. The highest BCUT2D eigenvalue weighted by atomic mass is 16.5. The van der Waals surface area contributed by atoms with Crippen LogP contribution >= 0.6 is 0 Å². The van der Waals surface area contributed by atoms with E-state index < -0.39 is 5.97 Å². The topological polar surface area (TPSA) is 70.3 Å². The Hall–Kier alpha value is -2.80. The Labute approximate surface area is 129 Å². The first-order chi connectivity index (χ1) is 10.7. The number of ether oxygens (including phenoxy) is 1. The first-order valence-corrected chi connectivity index (χ1v) is 7.14. The summed E-state index contributed by atoms with van der Waals surface area (Å²) in [7, 11) is 0. The van der Waals surface area contributed by atoms with E-state index in [1.54, 1.807) is 12.1 Å². The van der Waals surface area contributed by atoms with Gasteiger partial charge in [0.25, 0.3) is 0 Å². The monoisotopic (exact) mass is 295 g/mol. The zero-order valence-electron chi connectivity index (χ0n) is 12.2. The van der Waals surface area contributed by atoms with Crippen molar-refractivity contribution in [3.05, 3.63) is 54.1 Å². The number of carboxylic acids is 1. The van der Waals surface area contributed by atoms with Crippen LogP contribution in [0.4, 0.5) is 0 Å². The zero-order chi connectivity index (χ0) is 15.8. The Bertz CT molecular complexity index is 654. The lowest BCUT2D eigenvalue weighted by Crippen LogP contribution is -2.00. The summed E-state index contributed by atoms with van der Waals surface area (Å²) < 4.78 is 5.58. The second-order valence-electron chi connectivity index (χ2n) is 4.91. The Morgan fingerprint density at radius 1 is 1.00 bits per heavy atom. The van der Waals surface area contributed by atoms with Gasteiger partial charge in [0, 0.05) is 6.42 Å². The number of nitrogens with zero attached hydrogens (tertiary/aromatic N) is 1. The second kappa shape index (κ2) is 7.84. The van der Waals surface area contributed by atoms with E-state index in [0.29, 0.717) is 18.6 Å². The van der Waals surface area contributed by atoms with E-state index in [-0.39, 0.29) is 6.42 Å². The van der Waals surface area contributed by atoms with E-state index in [9.17, 15) is 4.79 Å². The molecule has 0 fully saturated rings. The molecule has 0 radical (unpaired) electrons. The SMILES string of the molecule is N#Cc1ccc(-c2ccc(OCCCCC(=O)O)cc2)cc1. The van der Waals surface area contributed by atoms with Crippen LogP contribution in [0.1, 0.15) is 24.8 Å². The Morgan fingerprint density at radius 3 is 2.14 bits per heavy atom. The zero-order valence-corrected chi connectivity index (χ0v) is 12.2. The van der Waals surface area contributed by atoms with E-state index in [4.69, 9.17) is 15.1 Å². The highest BCUT2D eigenvalue weighted by Gasteiger charge is 2.00. The van der Waals surface area contributed by atoms with Gasteiger partial charge in [-0.1, -0.05) is 24.3 Å². The smallest absolute Gasteiger partial charge is 0.303 e. The van der Waals surface area contributed by atoms with Crippen LogP contribution in [0.15, 0.2) is 48.5 Å². The van der Waals surface area contributed by atoms with Crippen molar-refractivity contribution < 1.29 is 14.6 Å². The molecule has 0 saturated heterocycles. The molecule has 2 rings (SSSR count). The molecule has 2 aromatic rings. The molecule has 22 heavy (non-hydrogen) atoms. The summed E-state index contributed by atoms with van der Waals surface area (Å²) in [6.45, 7) is 0.517. The molecule has 0 spiro atoms. The maximum absolute atomic E-state index is 10.4. The van der Waals surface area contributed by atoms with Gasteiger partial charge in [-0.3, -0.25) is 4.79 Å². The molecule has 4 heteroatoms. The Kier molecular flexibility index (Phi) is 5.56. The first-order valence-electron chi connectivity index (χ1n) is 7.14. The molecule has 0 bridgehead atoms. The van der Waals surface area contributed by atoms with E-state index in [0.717, 1.165) is 23.3 Å². The number of hydrogen-bond acceptors (Lipinski definition) is 3. The molecule has 2 aromatic carbocycles. The summed E-state index contributed by atoms with van der Waals surface area (Å²) in [5.74, 6) is -0.000473. The van der Waals surface area contributed by atoms with Crippen LogP contribution < -0.4 is 4.74 Å². The molecule has 0 aliphatic carbocycles. The van der Waals surface area contributed by atoms with E-state index in [1.165, 1.54) is 0 Å². The summed E-state index contributed by atoms with van der Waals surface area (Å²) in [5, 5.41) is 17.3. The number of benzene rings is 2. The van der Waals surface area contributed by atoms with E-state index in [1.807, 2.05) is 36.4 Å². The van der Waals surface area contributed by atoms with Crippen molar-refractivity contribution in [3.8, 4) is 22.9 Å². The number of nitriles is 1. The number of hydrogen-bond donors (Lipinski definition) is 1. The van der Waals surface area contributed by atoms with Gasteiger partial charge in [-0.25, -0.2) is 0 Å². The van der Waals surface area contributed by atoms with Gasteiger partial charge in [0.1, 0.15) is 5.75 Å². The highest BCUT2D eigenvalue weighted by Crippen LogP contribution is 2.22. The van der Waals surface area contributed by atoms with Gasteiger partial charge in [-0.05, 0) is 48.2 Å². The van der Waals surface area contributed by atoms with Crippen molar-refractivity contribution in [1.82, 2.24) is 0 Å². The fourth-order valence-electron chi connectivity index (χ4n) is 2.05. The van der Waals surface area contributed by atoms with Crippen molar-refractivity contribution in [1.29, 1.82) is 5.26 Å². The van der Waals surface area contributed by atoms with Gasteiger partial charge in [0.05, 0.1) is 18.2 Å². The van der Waals surface area contributed by atoms with Crippen LogP contribution in [0.2, 0.25) is 0 Å². The molecule has 4 nitrogen and oxygen atoms in total. The second-order valence-corrected chi connectivity index (χ2v) is 4.91. The molecule has 1 N–H and O–H groups in total. The van der Waals surface area contributed by atoms with Gasteiger partial charge in [0.15, 0.2) is 0 Å². The molecule has 0 aliphatic rings. The minimum Gasteiger partial charge on any atom is -0.494 e. The lowest BCUT2D eigenvalue weighted by atomic mass is 10.0. The lowest BCUT2D eigenvalue weighted by Gasteiger charge is -2.07. The molecule has 112 valence electrons. The molecule has 0 aromatic heterocycles. The first kappa shape index (κ1) is 15.6. The molecular weight excluding hydrogens is 278 g/mol. The van der Waals surface area contributed by atoms with Crippen molar-refractivity contribution in [3.63, 3.8) is 0 Å². The van der Waals surface area contributed by atoms with Crippen LogP contribution in [-0.4, -0.2) is 17.7 Å². The van der Waals surface area contributed by atoms with E-state index in [2.05, 4.69) is 6.07 Å². The number of unbranched alkanes of at least 4 members (excludes halogenated alkanes) is 1. The number of carbonyl (C=O) groups is 1. The summed E-state index contributed by atoms with van der Waals surface area (Å²) >= 11 is 0. The minimum atomic E-state index is -0.772. The van der Waals surface area contributed by atoms with Crippen LogP contribution in [0.25, 0.3) is 11.1 Å². The third-order valence-corrected chi connectivity index (χ3v) is 3.26. The maximum Gasteiger partial charge on any atom is 0.303 e. The summed E-state index contributed by atoms with van der Waals surface area (Å²) in [6.07, 6.45) is 1.53. The standard InChI is InChI=1S/C18H17NO3/c19-13-14-4-6-15(7-5-14)16-8-10-17(11-9-16)22-12-2-1-3-18(20)21/h4-11H,1-3,12H2,(H,20,21). The number of rotatable bonds is 7. The van der Waals surface area contributed by atoms with E-state index >= 15 is 0 Å². The fraction of sp³-hybridized carbons (Fsp3) is 0.222. The van der Waals surface area contributed by atoms with Crippen molar-refractivity contribution in [2.45, 2.75) is 19.3 Å². The number of carboxylic acid groups (broad SMARTS) is 1. The van der Waals surface area contributed by atoms with Crippen LogP contribution in [-0.2, 0) is 4.79 Å². The predicted molar refractivity (Wildman–Crippen MR) is 83.6 cm³/mol. The molecule has 0 atom stereocenters. The van der Waals surface area contributed by atoms with Gasteiger partial charge in [-0.15, -0.1) is 0 Å². The molecule has 0 aliphatic heterocycles. The van der Waals surface area contributed by atoms with Crippen LogP contribution in [0.5, 0.6) is 5.75 Å². The summed E-state index contributed by atoms with van der Waals surface area (Å²) in [6, 6.07) is 17.2. The molecule has 0 saturated carbocycles. The summed E-state index contributed by atoms with van der Waals surface area (Å²) in [4.78, 5) is 10.4. The molecule has 0 amide bonds. The maximum atomic E-state index is 10.4. The quantitative estimate of drug-likeness (QED) is 0.787. The highest BCUT2D eigenvalue weighted by molar-refractivity contribution is 5.66. The van der Waals surface area contributed by atoms with Crippen molar-refractivity contribution >= 4 is 5.97 Å². The Balaban J connectivity index is 1.87. The van der Waals surface area contributed by atoms with Gasteiger partial charge < -0.3 is 9.84 Å². The van der Waals surface area contributed by atoms with Gasteiger partial charge in [-0.2, -0.15) is 5.26 Å². The Morgan fingerprint density at radius 2 is 1.59 bits per heavy atom. The molecule has 0 heterocycles. The van der Waals surface area contributed by atoms with Gasteiger partial charge in [0.2, 0.25) is 0 Å². The third kappa shape index (κ3) is 4.64. The molecular formula is C18H17NO3. The third-order valence-electron chi connectivity index (χ3n) is 3.26. The van der Waals surface area contributed by atoms with Crippen LogP contribution in [0, 0.1) is 11.3 Å². The average molecular weight is 295 g/mol. The van der Waals surface area contributed by atoms with Crippen LogP contribution in [0.3, 0.4) is 0 Å². The van der Waals surface area contributed by atoms with Crippen molar-refractivity contribution in [2.75, 3.05) is 6.61 Å². The van der Waals surface area contributed by atoms with Crippen molar-refractivity contribution in [2.24, 2.45) is 0 Å². The largest absolute Gasteiger partial charge is 0.494 e. The summed E-state index contributed by atoms with van der Waals surface area (Å²) in [5.41, 5.74) is 2.75. The fourth-order valence-corrected chi connectivity index (χ4v) is 2.05. The average Bonchev–Trinajstić information content (AvgIpc) is 2.55. The lowest BCUT2D eigenvalue weighted by molar-refractivity contribution is -0.137. The minimum absolute atomic E-state index is 0.182. The number of aliphatic carboxylic acids is 1. The molecule has 0 unspecified atom stereocenters. The van der Waals surface area contributed by atoms with Gasteiger partial charge >= 0.3 is 5.97 Å². The predicted octanol–water partition coefficient (Wildman–Crippen LogP) is 3.86.